The molecule has 0 fully saturated rings. The van der Waals surface area contributed by atoms with E-state index < -0.39 is 6.29 Å². The number of nitrogens with one attached hydrogen (secondary N) is 1. The van der Waals surface area contributed by atoms with Crippen LogP contribution in [0.3, 0.4) is 0 Å². The van der Waals surface area contributed by atoms with Crippen LogP contribution in [0.5, 0.6) is 0 Å². The molecule has 0 saturated carbocycles. The van der Waals surface area contributed by atoms with Gasteiger partial charge in [-0.05, 0) is 22.9 Å². The summed E-state index contributed by atoms with van der Waals surface area (Å²) in [6.45, 7) is 1.95. The first-order valence-corrected chi connectivity index (χ1v) is 6.04. The van der Waals surface area contributed by atoms with Gasteiger partial charge in [0.15, 0.2) is 6.29 Å². The maximum atomic E-state index is 5.52. The van der Waals surface area contributed by atoms with Crippen molar-refractivity contribution in [2.75, 3.05) is 14.2 Å². The van der Waals surface area contributed by atoms with E-state index in [9.17, 15) is 0 Å². The van der Waals surface area contributed by atoms with Crippen LogP contribution in [0.15, 0.2) is 4.47 Å². The number of hydrazine groups is 1. The van der Waals surface area contributed by atoms with Gasteiger partial charge in [-0.25, -0.2) is 0 Å². The monoisotopic (exact) mass is 306 g/mol. The van der Waals surface area contributed by atoms with E-state index in [2.05, 4.69) is 26.5 Å². The number of hydrogen-bond acceptors (Lipinski definition) is 5. The van der Waals surface area contributed by atoms with Crippen LogP contribution >= 0.6 is 15.9 Å². The third kappa shape index (κ3) is 3.26. The molecule has 6 nitrogen and oxygen atoms in total. The van der Waals surface area contributed by atoms with Gasteiger partial charge in [-0.1, -0.05) is 0 Å². The lowest BCUT2D eigenvalue weighted by Crippen LogP contribution is -2.47. The van der Waals surface area contributed by atoms with E-state index in [1.807, 2.05) is 18.7 Å². The van der Waals surface area contributed by atoms with Crippen molar-refractivity contribution in [2.24, 2.45) is 12.9 Å². The molecule has 0 saturated heterocycles. The van der Waals surface area contributed by atoms with Crippen molar-refractivity contribution in [3.63, 3.8) is 0 Å². The van der Waals surface area contributed by atoms with E-state index in [-0.39, 0.29) is 6.04 Å². The van der Waals surface area contributed by atoms with Gasteiger partial charge in [0.1, 0.15) is 0 Å². The first-order valence-electron chi connectivity index (χ1n) is 5.24. The fourth-order valence-corrected chi connectivity index (χ4v) is 2.27. The summed E-state index contributed by atoms with van der Waals surface area (Å²) >= 11 is 3.52. The summed E-state index contributed by atoms with van der Waals surface area (Å²) in [7, 11) is 5.07. The normalized spacial score (nSPS) is 13.4. The second-order valence-corrected chi connectivity index (χ2v) is 4.58. The number of rotatable bonds is 6. The summed E-state index contributed by atoms with van der Waals surface area (Å²) in [6.07, 6.45) is 0.253. The number of nitrogens with two attached hydrogens (primary N) is 1. The second-order valence-electron chi connectivity index (χ2n) is 3.79. The number of aryl methyl sites for hydroxylation is 2. The minimum Gasteiger partial charge on any atom is -0.354 e. The lowest BCUT2D eigenvalue weighted by Gasteiger charge is -2.24. The van der Waals surface area contributed by atoms with Gasteiger partial charge in [0.25, 0.3) is 0 Å². The predicted octanol–water partition coefficient (Wildman–Crippen LogP) is 0.484. The van der Waals surface area contributed by atoms with Crippen molar-refractivity contribution in [2.45, 2.75) is 25.7 Å². The zero-order chi connectivity index (χ0) is 13.0. The van der Waals surface area contributed by atoms with E-state index >= 15 is 0 Å². The van der Waals surface area contributed by atoms with Gasteiger partial charge in [-0.15, -0.1) is 0 Å². The fraction of sp³-hybridized carbons (Fsp3) is 0.700. The van der Waals surface area contributed by atoms with Gasteiger partial charge in [0.05, 0.1) is 21.9 Å². The van der Waals surface area contributed by atoms with E-state index in [4.69, 9.17) is 15.3 Å². The van der Waals surface area contributed by atoms with Crippen LogP contribution in [0.2, 0.25) is 0 Å². The molecule has 0 aliphatic heterocycles. The Bertz CT molecular complexity index is 365. The average molecular weight is 307 g/mol. The largest absolute Gasteiger partial charge is 0.354 e. The Morgan fingerprint density at radius 1 is 1.47 bits per heavy atom. The van der Waals surface area contributed by atoms with Crippen molar-refractivity contribution in [1.82, 2.24) is 15.2 Å². The van der Waals surface area contributed by atoms with Crippen molar-refractivity contribution in [3.05, 3.63) is 15.9 Å². The molecule has 1 atom stereocenters. The standard InChI is InChI=1S/C10H19BrN4O2/c1-6-9(11)8(15(2)14-6)5-7(13-12)10(16-3)17-4/h7,10,13H,5,12H2,1-4H3. The highest BCUT2D eigenvalue weighted by atomic mass is 79.9. The topological polar surface area (TPSA) is 74.3 Å². The molecule has 17 heavy (non-hydrogen) atoms. The van der Waals surface area contributed by atoms with Gasteiger partial charge in [0.2, 0.25) is 0 Å². The molecule has 0 aliphatic carbocycles. The number of aromatic nitrogens is 2. The third-order valence-corrected chi connectivity index (χ3v) is 3.71. The minimum absolute atomic E-state index is 0.143. The number of nitrogens with zero attached hydrogens (tertiary/aromatic N) is 2. The molecule has 1 rings (SSSR count). The molecule has 0 aromatic carbocycles. The van der Waals surface area contributed by atoms with E-state index in [0.717, 1.165) is 15.9 Å². The van der Waals surface area contributed by atoms with Crippen molar-refractivity contribution < 1.29 is 9.47 Å². The molecule has 3 N–H and O–H groups in total. The van der Waals surface area contributed by atoms with E-state index in [0.29, 0.717) is 6.42 Å². The van der Waals surface area contributed by atoms with Crippen LogP contribution in [0.4, 0.5) is 0 Å². The predicted molar refractivity (Wildman–Crippen MR) is 68.3 cm³/mol. The Labute approximate surface area is 110 Å². The lowest BCUT2D eigenvalue weighted by atomic mass is 10.1. The first-order chi connectivity index (χ1) is 8.04. The zero-order valence-electron chi connectivity index (χ0n) is 10.5. The van der Waals surface area contributed by atoms with Crippen molar-refractivity contribution in [3.8, 4) is 0 Å². The van der Waals surface area contributed by atoms with Gasteiger partial charge in [-0.3, -0.25) is 16.0 Å². The van der Waals surface area contributed by atoms with Crippen LogP contribution in [0, 0.1) is 6.92 Å². The summed E-state index contributed by atoms with van der Waals surface area (Å²) in [5.41, 5.74) is 4.70. The molecule has 98 valence electrons. The quantitative estimate of drug-likeness (QED) is 0.454. The number of halogens is 1. The molecule has 0 amide bonds. The van der Waals surface area contributed by atoms with Crippen LogP contribution in [-0.4, -0.2) is 36.3 Å². The highest BCUT2D eigenvalue weighted by Crippen LogP contribution is 2.22. The highest BCUT2D eigenvalue weighted by molar-refractivity contribution is 9.10. The summed E-state index contributed by atoms with van der Waals surface area (Å²) in [6, 6.07) is -0.143. The first kappa shape index (κ1) is 14.6. The molecule has 0 aliphatic rings. The van der Waals surface area contributed by atoms with Crippen molar-refractivity contribution in [1.29, 1.82) is 0 Å². The summed E-state index contributed by atoms with van der Waals surface area (Å²) in [4.78, 5) is 0. The minimum atomic E-state index is -0.401. The Balaban J connectivity index is 2.87. The van der Waals surface area contributed by atoms with Crippen molar-refractivity contribution >= 4 is 15.9 Å². The van der Waals surface area contributed by atoms with Gasteiger partial charge < -0.3 is 9.47 Å². The van der Waals surface area contributed by atoms with E-state index in [1.54, 1.807) is 14.2 Å². The van der Waals surface area contributed by atoms with Gasteiger partial charge in [-0.2, -0.15) is 5.10 Å². The van der Waals surface area contributed by atoms with Crippen LogP contribution in [0.1, 0.15) is 11.4 Å². The molecular formula is C10H19BrN4O2. The summed E-state index contributed by atoms with van der Waals surface area (Å²) < 4.78 is 13.2. The smallest absolute Gasteiger partial charge is 0.173 e. The van der Waals surface area contributed by atoms with Gasteiger partial charge >= 0.3 is 0 Å². The zero-order valence-corrected chi connectivity index (χ0v) is 12.1. The lowest BCUT2D eigenvalue weighted by molar-refractivity contribution is -0.122. The molecule has 1 aromatic heterocycles. The highest BCUT2D eigenvalue weighted by Gasteiger charge is 2.23. The number of methoxy groups -OCH3 is 2. The van der Waals surface area contributed by atoms with Crippen LogP contribution in [0.25, 0.3) is 0 Å². The van der Waals surface area contributed by atoms with E-state index in [1.165, 1.54) is 0 Å². The Kier molecular flexibility index (Phi) is 5.54. The molecule has 1 unspecified atom stereocenters. The van der Waals surface area contributed by atoms with Gasteiger partial charge in [0, 0.05) is 27.7 Å². The summed E-state index contributed by atoms with van der Waals surface area (Å²) in [5, 5.41) is 4.33. The maximum absolute atomic E-state index is 5.52. The maximum Gasteiger partial charge on any atom is 0.173 e. The molecule has 0 spiro atoms. The fourth-order valence-electron chi connectivity index (χ4n) is 1.77. The molecule has 1 heterocycles. The number of hydrogen-bond donors (Lipinski definition) is 2. The Morgan fingerprint density at radius 3 is 2.41 bits per heavy atom. The third-order valence-electron chi connectivity index (χ3n) is 2.68. The molecule has 1 aromatic rings. The number of ether oxygens (including phenoxy) is 2. The SMILES string of the molecule is COC(OC)C(Cc1c(Br)c(C)nn1C)NN. The molecular weight excluding hydrogens is 288 g/mol. The molecule has 7 heteroatoms. The second kappa shape index (κ2) is 6.46. The van der Waals surface area contributed by atoms with Crippen LogP contribution < -0.4 is 11.3 Å². The molecule has 0 radical (unpaired) electrons. The van der Waals surface area contributed by atoms with Crippen LogP contribution in [-0.2, 0) is 22.9 Å². The molecule has 0 bridgehead atoms. The average Bonchev–Trinajstić information content (AvgIpc) is 2.55. The Hall–Kier alpha value is -0.470. The summed E-state index contributed by atoms with van der Waals surface area (Å²) in [5.74, 6) is 5.52. The Morgan fingerprint density at radius 2 is 2.06 bits per heavy atom.